The highest BCUT2D eigenvalue weighted by molar-refractivity contribution is 7.88. The molecule has 0 aromatic heterocycles. The number of hydrogen-bond donors (Lipinski definition) is 3. The smallest absolute Gasteiger partial charge is 0.315 e. The molecule has 0 heterocycles. The third-order valence-corrected chi connectivity index (χ3v) is 5.41. The number of urea groups is 1. The third kappa shape index (κ3) is 6.32. The zero-order valence-electron chi connectivity index (χ0n) is 15.5. The van der Waals surface area contributed by atoms with Gasteiger partial charge in [0.1, 0.15) is 0 Å². The Bertz CT molecular complexity index is 945. The summed E-state index contributed by atoms with van der Waals surface area (Å²) in [7, 11) is -1.97. The lowest BCUT2D eigenvalue weighted by molar-refractivity contribution is -0.384. The molecule has 0 aliphatic rings. The second-order valence-corrected chi connectivity index (χ2v) is 8.11. The average Bonchev–Trinajstić information content (AvgIpc) is 2.67. The Morgan fingerprint density at radius 3 is 2.39 bits per heavy atom. The highest BCUT2D eigenvalue weighted by atomic mass is 32.2. The molecule has 0 spiro atoms. The van der Waals surface area contributed by atoms with E-state index in [0.717, 1.165) is 5.56 Å². The van der Waals surface area contributed by atoms with Gasteiger partial charge in [0.25, 0.3) is 5.69 Å². The molecule has 28 heavy (non-hydrogen) atoms. The lowest BCUT2D eigenvalue weighted by Crippen LogP contribution is -2.36. The molecular weight excluding hydrogens is 384 g/mol. The first-order valence-electron chi connectivity index (χ1n) is 8.48. The van der Waals surface area contributed by atoms with Crippen LogP contribution in [-0.2, 0) is 22.3 Å². The molecule has 0 radical (unpaired) electrons. The van der Waals surface area contributed by atoms with Crippen molar-refractivity contribution in [3.63, 3.8) is 0 Å². The normalized spacial score (nSPS) is 12.2. The van der Waals surface area contributed by atoms with E-state index in [-0.39, 0.29) is 18.0 Å². The van der Waals surface area contributed by atoms with E-state index in [4.69, 9.17) is 0 Å². The van der Waals surface area contributed by atoms with E-state index in [1.807, 2.05) is 0 Å². The molecule has 9 nitrogen and oxygen atoms in total. The molecule has 0 fully saturated rings. The fraction of sp³-hybridized carbons (Fsp3) is 0.278. The lowest BCUT2D eigenvalue weighted by Gasteiger charge is -2.15. The monoisotopic (exact) mass is 406 g/mol. The van der Waals surface area contributed by atoms with Gasteiger partial charge in [0.05, 0.1) is 16.7 Å². The van der Waals surface area contributed by atoms with E-state index in [0.29, 0.717) is 11.1 Å². The van der Waals surface area contributed by atoms with Crippen molar-refractivity contribution in [3.05, 3.63) is 75.3 Å². The highest BCUT2D eigenvalue weighted by Gasteiger charge is 2.13. The quantitative estimate of drug-likeness (QED) is 0.457. The van der Waals surface area contributed by atoms with E-state index in [1.165, 1.54) is 19.2 Å². The van der Waals surface area contributed by atoms with E-state index in [9.17, 15) is 23.3 Å². The van der Waals surface area contributed by atoms with Gasteiger partial charge in [0.15, 0.2) is 0 Å². The molecule has 0 saturated heterocycles. The van der Waals surface area contributed by atoms with Gasteiger partial charge in [-0.1, -0.05) is 36.4 Å². The van der Waals surface area contributed by atoms with Gasteiger partial charge >= 0.3 is 6.03 Å². The minimum absolute atomic E-state index is 0.0352. The predicted molar refractivity (Wildman–Crippen MR) is 105 cm³/mol. The van der Waals surface area contributed by atoms with Gasteiger partial charge in [-0.05, 0) is 30.7 Å². The number of nitrogens with zero attached hydrogens (tertiary/aromatic N) is 1. The Balaban J connectivity index is 1.88. The molecule has 2 aromatic carbocycles. The number of sulfonamides is 1. The molecule has 2 aromatic rings. The minimum atomic E-state index is -3.33. The summed E-state index contributed by atoms with van der Waals surface area (Å²) in [4.78, 5) is 22.4. The molecule has 0 bridgehead atoms. The van der Waals surface area contributed by atoms with E-state index >= 15 is 0 Å². The summed E-state index contributed by atoms with van der Waals surface area (Å²) < 4.78 is 25.3. The van der Waals surface area contributed by atoms with Crippen molar-refractivity contribution in [1.82, 2.24) is 15.4 Å². The predicted octanol–water partition coefficient (Wildman–Crippen LogP) is 2.20. The van der Waals surface area contributed by atoms with E-state index in [2.05, 4.69) is 15.4 Å². The maximum absolute atomic E-state index is 12.1. The molecule has 10 heteroatoms. The maximum Gasteiger partial charge on any atom is 0.315 e. The lowest BCUT2D eigenvalue weighted by atomic mass is 10.1. The molecule has 1 atom stereocenters. The summed E-state index contributed by atoms with van der Waals surface area (Å²) >= 11 is 0. The van der Waals surface area contributed by atoms with Crippen LogP contribution < -0.4 is 15.4 Å². The van der Waals surface area contributed by atoms with Crippen molar-refractivity contribution in [2.45, 2.75) is 25.3 Å². The fourth-order valence-corrected chi connectivity index (χ4v) is 3.24. The van der Waals surface area contributed by atoms with E-state index < -0.39 is 27.0 Å². The van der Waals surface area contributed by atoms with Crippen molar-refractivity contribution >= 4 is 21.7 Å². The summed E-state index contributed by atoms with van der Waals surface area (Å²) in [5.41, 5.74) is 2.04. The fourth-order valence-electron chi connectivity index (χ4n) is 2.47. The SMILES string of the molecule is CNS(=O)(=O)Cc1ccc(CNC(=O)NC(C)c2cccc([N+](=O)[O-])c2)cc1. The number of non-ortho nitro benzene ring substituents is 1. The van der Waals surface area contributed by atoms with Gasteiger partial charge in [-0.15, -0.1) is 0 Å². The zero-order chi connectivity index (χ0) is 20.7. The molecule has 0 saturated carbocycles. The summed E-state index contributed by atoms with van der Waals surface area (Å²) in [5, 5.41) is 16.3. The van der Waals surface area contributed by atoms with Crippen LogP contribution in [0.25, 0.3) is 0 Å². The van der Waals surface area contributed by atoms with Gasteiger partial charge < -0.3 is 10.6 Å². The largest absolute Gasteiger partial charge is 0.334 e. The Labute approximate surface area is 163 Å². The van der Waals surface area contributed by atoms with Crippen LogP contribution >= 0.6 is 0 Å². The summed E-state index contributed by atoms with van der Waals surface area (Å²) in [6.45, 7) is 1.99. The van der Waals surface area contributed by atoms with Gasteiger partial charge in [0, 0.05) is 18.7 Å². The number of benzene rings is 2. The first-order chi connectivity index (χ1) is 13.2. The first kappa shape index (κ1) is 21.3. The Morgan fingerprint density at radius 2 is 1.79 bits per heavy atom. The van der Waals surface area contributed by atoms with E-state index in [1.54, 1.807) is 43.3 Å². The maximum atomic E-state index is 12.1. The topological polar surface area (TPSA) is 130 Å². The number of nitrogens with one attached hydrogen (secondary N) is 3. The van der Waals surface area contributed by atoms with Crippen molar-refractivity contribution < 1.29 is 18.1 Å². The van der Waals surface area contributed by atoms with Crippen LogP contribution in [0.2, 0.25) is 0 Å². The molecule has 150 valence electrons. The van der Waals surface area contributed by atoms with Crippen LogP contribution in [0.1, 0.15) is 29.7 Å². The minimum Gasteiger partial charge on any atom is -0.334 e. The van der Waals surface area contributed by atoms with Gasteiger partial charge in [-0.2, -0.15) is 0 Å². The van der Waals surface area contributed by atoms with Crippen LogP contribution in [0, 0.1) is 10.1 Å². The van der Waals surface area contributed by atoms with Crippen LogP contribution in [0.15, 0.2) is 48.5 Å². The summed E-state index contributed by atoms with van der Waals surface area (Å²) in [5.74, 6) is -0.113. The summed E-state index contributed by atoms with van der Waals surface area (Å²) in [6.07, 6.45) is 0. The molecule has 3 N–H and O–H groups in total. The van der Waals surface area contributed by atoms with Crippen molar-refractivity contribution in [1.29, 1.82) is 0 Å². The van der Waals surface area contributed by atoms with Crippen molar-refractivity contribution in [2.75, 3.05) is 7.05 Å². The number of nitro benzene ring substituents is 1. The van der Waals surface area contributed by atoms with Gasteiger partial charge in [0.2, 0.25) is 10.0 Å². The molecule has 1 unspecified atom stereocenters. The number of amides is 2. The van der Waals surface area contributed by atoms with Crippen molar-refractivity contribution in [3.8, 4) is 0 Å². The second kappa shape index (κ2) is 9.29. The van der Waals surface area contributed by atoms with Crippen molar-refractivity contribution in [2.24, 2.45) is 0 Å². The number of hydrogen-bond acceptors (Lipinski definition) is 5. The molecule has 0 aliphatic heterocycles. The van der Waals surface area contributed by atoms with Gasteiger partial charge in [-0.25, -0.2) is 17.9 Å². The molecule has 2 rings (SSSR count). The first-order valence-corrected chi connectivity index (χ1v) is 10.1. The molecule has 0 aliphatic carbocycles. The Morgan fingerprint density at radius 1 is 1.14 bits per heavy atom. The number of carbonyl (C=O) groups is 1. The number of nitro groups is 1. The summed E-state index contributed by atoms with van der Waals surface area (Å²) in [6, 6.07) is 12.1. The molecule has 2 amide bonds. The standard InChI is InChI=1S/C18H22N4O5S/c1-13(16-4-3-5-17(10-16)22(24)25)21-18(23)20-11-14-6-8-15(9-7-14)12-28(26,27)19-2/h3-10,13,19H,11-12H2,1-2H3,(H2,20,21,23). The van der Waals surface area contributed by atoms with Gasteiger partial charge in [-0.3, -0.25) is 10.1 Å². The second-order valence-electron chi connectivity index (χ2n) is 6.18. The Kier molecular flexibility index (Phi) is 7.07. The Hall–Kier alpha value is -2.98. The zero-order valence-corrected chi connectivity index (χ0v) is 16.3. The molecular formula is C18H22N4O5S. The highest BCUT2D eigenvalue weighted by Crippen LogP contribution is 2.18. The van der Waals surface area contributed by atoms with Crippen LogP contribution in [-0.4, -0.2) is 26.4 Å². The third-order valence-electron chi connectivity index (χ3n) is 4.07. The van der Waals surface area contributed by atoms with Crippen LogP contribution in [0.3, 0.4) is 0 Å². The average molecular weight is 406 g/mol. The number of rotatable bonds is 8. The number of carbonyl (C=O) groups excluding carboxylic acids is 1. The van der Waals surface area contributed by atoms with Crippen LogP contribution in [0.4, 0.5) is 10.5 Å². The van der Waals surface area contributed by atoms with Crippen LogP contribution in [0.5, 0.6) is 0 Å².